The van der Waals surface area contributed by atoms with E-state index in [1.165, 1.54) is 18.2 Å². The van der Waals surface area contributed by atoms with E-state index in [1.807, 2.05) is 0 Å². The first kappa shape index (κ1) is 18.8. The lowest BCUT2D eigenvalue weighted by Gasteiger charge is -2.19. The number of benzene rings is 1. The van der Waals surface area contributed by atoms with Gasteiger partial charge in [-0.15, -0.1) is 0 Å². The fourth-order valence-corrected chi connectivity index (χ4v) is 1.66. The second-order valence-electron chi connectivity index (χ2n) is 4.72. The molecular weight excluding hydrogens is 306 g/mol. The number of Topliss-reactive ketones (excluding diaryl/α,β-unsaturated/α-hetero) is 1. The van der Waals surface area contributed by atoms with Crippen LogP contribution < -0.4 is 5.32 Å². The second kappa shape index (κ2) is 9.01. The third-order valence-electron chi connectivity index (χ3n) is 3.01. The van der Waals surface area contributed by atoms with Gasteiger partial charge in [0.2, 0.25) is 0 Å². The Balaban J connectivity index is 2.50. The van der Waals surface area contributed by atoms with Crippen LogP contribution >= 0.6 is 0 Å². The zero-order valence-electron chi connectivity index (χ0n) is 12.2. The molecule has 3 atom stereocenters. The molecule has 0 heterocycles. The van der Waals surface area contributed by atoms with Crippen LogP contribution in [0.4, 0.5) is 0 Å². The van der Waals surface area contributed by atoms with Gasteiger partial charge in [-0.25, -0.2) is 0 Å². The summed E-state index contributed by atoms with van der Waals surface area (Å²) in [6.07, 6.45) is -2.83. The minimum absolute atomic E-state index is 0.0513. The maximum atomic E-state index is 11.5. The average molecular weight is 325 g/mol. The van der Waals surface area contributed by atoms with Gasteiger partial charge < -0.3 is 30.8 Å². The third-order valence-corrected chi connectivity index (χ3v) is 3.01. The Morgan fingerprint density at radius 1 is 1.17 bits per heavy atom. The fraction of sp³-hybridized carbons (Fsp3) is 0.333. The molecule has 1 aromatic rings. The molecule has 23 heavy (non-hydrogen) atoms. The van der Waals surface area contributed by atoms with Crippen molar-refractivity contribution in [3.8, 4) is 5.75 Å². The van der Waals surface area contributed by atoms with Crippen LogP contribution in [0.15, 0.2) is 30.3 Å². The molecule has 0 radical (unpaired) electrons. The number of carbonyl (C=O) groups excluding carboxylic acids is 2. The quantitative estimate of drug-likeness (QED) is 0.308. The van der Waals surface area contributed by atoms with E-state index < -0.39 is 36.6 Å². The number of aliphatic hydroxyl groups excluding tert-OH is 4. The number of ketones is 1. The molecule has 0 aliphatic heterocycles. The van der Waals surface area contributed by atoms with E-state index in [1.54, 1.807) is 18.2 Å². The average Bonchev–Trinajstić information content (AvgIpc) is 2.57. The highest BCUT2D eigenvalue weighted by atomic mass is 16.4. The number of hydrogen-bond acceptors (Lipinski definition) is 7. The summed E-state index contributed by atoms with van der Waals surface area (Å²) in [4.78, 5) is 23.1. The van der Waals surface area contributed by atoms with Crippen LogP contribution in [0.1, 0.15) is 5.56 Å². The Morgan fingerprint density at radius 2 is 1.83 bits per heavy atom. The molecule has 0 aliphatic carbocycles. The lowest BCUT2D eigenvalue weighted by atomic mass is 10.0. The van der Waals surface area contributed by atoms with E-state index in [-0.39, 0.29) is 12.3 Å². The summed E-state index contributed by atoms with van der Waals surface area (Å²) in [6, 6.07) is 6.51. The first-order valence-electron chi connectivity index (χ1n) is 6.80. The minimum Gasteiger partial charge on any atom is -0.507 e. The summed E-state index contributed by atoms with van der Waals surface area (Å²) in [5.41, 5.74) is 0.523. The van der Waals surface area contributed by atoms with Crippen molar-refractivity contribution < 1.29 is 35.1 Å². The molecule has 1 rings (SSSR count). The lowest BCUT2D eigenvalue weighted by Crippen LogP contribution is -2.48. The standard InChI is InChI=1S/C15H19NO7/c17-8-11(19)12(20)13(21)14(22)15(23)16-7-3-5-9-4-1-2-6-10(9)18/h1-6,11-13,17-21H,7-8H2,(H,16,23)/t11-,12+,13-/m0/s1. The van der Waals surface area contributed by atoms with Crippen LogP contribution in [0.25, 0.3) is 6.08 Å². The topological polar surface area (TPSA) is 147 Å². The Bertz CT molecular complexity index is 573. The van der Waals surface area contributed by atoms with Gasteiger partial charge in [0.1, 0.15) is 18.0 Å². The van der Waals surface area contributed by atoms with E-state index in [0.717, 1.165) is 0 Å². The molecule has 0 saturated carbocycles. The molecule has 126 valence electrons. The van der Waals surface area contributed by atoms with Gasteiger partial charge in [0.05, 0.1) is 6.61 Å². The van der Waals surface area contributed by atoms with Crippen LogP contribution in [0.2, 0.25) is 0 Å². The van der Waals surface area contributed by atoms with Crippen LogP contribution in [0.5, 0.6) is 5.75 Å². The third kappa shape index (κ3) is 5.46. The number of hydrogen-bond donors (Lipinski definition) is 6. The monoisotopic (exact) mass is 325 g/mol. The maximum absolute atomic E-state index is 11.5. The van der Waals surface area contributed by atoms with Crippen molar-refractivity contribution in [2.75, 3.05) is 13.2 Å². The minimum atomic E-state index is -2.14. The number of aromatic hydroxyl groups is 1. The van der Waals surface area contributed by atoms with Crippen molar-refractivity contribution in [3.63, 3.8) is 0 Å². The second-order valence-corrected chi connectivity index (χ2v) is 4.72. The summed E-state index contributed by atoms with van der Waals surface area (Å²) in [5, 5.41) is 48.2. The predicted molar refractivity (Wildman–Crippen MR) is 80.3 cm³/mol. The molecule has 8 heteroatoms. The van der Waals surface area contributed by atoms with Gasteiger partial charge in [-0.1, -0.05) is 30.4 Å². The van der Waals surface area contributed by atoms with Crippen molar-refractivity contribution in [1.82, 2.24) is 5.32 Å². The van der Waals surface area contributed by atoms with Crippen molar-refractivity contribution in [2.45, 2.75) is 18.3 Å². The Hall–Kier alpha value is -2.26. The molecule has 1 amide bonds. The lowest BCUT2D eigenvalue weighted by molar-refractivity contribution is -0.150. The summed E-state index contributed by atoms with van der Waals surface area (Å²) < 4.78 is 0. The molecule has 0 saturated heterocycles. The normalized spacial score (nSPS) is 15.1. The molecule has 0 unspecified atom stereocenters. The predicted octanol–water partition coefficient (Wildman–Crippen LogP) is -1.83. The molecule has 8 nitrogen and oxygen atoms in total. The fourth-order valence-electron chi connectivity index (χ4n) is 1.66. The summed E-state index contributed by atoms with van der Waals surface area (Å²) in [7, 11) is 0. The van der Waals surface area contributed by atoms with E-state index in [0.29, 0.717) is 5.56 Å². The van der Waals surface area contributed by atoms with Gasteiger partial charge >= 0.3 is 0 Å². The van der Waals surface area contributed by atoms with E-state index in [4.69, 9.17) is 10.2 Å². The molecule has 1 aromatic carbocycles. The molecule has 0 fully saturated rings. The summed E-state index contributed by atoms with van der Waals surface area (Å²) >= 11 is 0. The van der Waals surface area contributed by atoms with Gasteiger partial charge in [0.15, 0.2) is 6.10 Å². The Labute approximate surface area is 132 Å². The summed E-state index contributed by atoms with van der Waals surface area (Å²) in [6.45, 7) is -0.916. The molecule has 6 N–H and O–H groups in total. The highest BCUT2D eigenvalue weighted by Gasteiger charge is 2.33. The smallest absolute Gasteiger partial charge is 0.290 e. The highest BCUT2D eigenvalue weighted by molar-refractivity contribution is 6.38. The Kier molecular flexibility index (Phi) is 7.36. The van der Waals surface area contributed by atoms with E-state index in [2.05, 4.69) is 5.32 Å². The largest absolute Gasteiger partial charge is 0.507 e. The molecular formula is C15H19NO7. The first-order chi connectivity index (χ1) is 10.9. The molecule has 0 spiro atoms. The number of aliphatic hydroxyl groups is 4. The molecule has 0 aromatic heterocycles. The van der Waals surface area contributed by atoms with Crippen molar-refractivity contribution >= 4 is 17.8 Å². The number of nitrogens with one attached hydrogen (secondary N) is 1. The zero-order chi connectivity index (χ0) is 17.4. The zero-order valence-corrected chi connectivity index (χ0v) is 12.2. The number of amides is 1. The van der Waals surface area contributed by atoms with E-state index >= 15 is 0 Å². The number of carbonyl (C=O) groups is 2. The number of phenolic OH excluding ortho intramolecular Hbond substituents is 1. The van der Waals surface area contributed by atoms with Crippen molar-refractivity contribution in [1.29, 1.82) is 0 Å². The van der Waals surface area contributed by atoms with Crippen molar-refractivity contribution in [2.24, 2.45) is 0 Å². The molecule has 0 bridgehead atoms. The van der Waals surface area contributed by atoms with Gasteiger partial charge in [0, 0.05) is 12.1 Å². The first-order valence-corrected chi connectivity index (χ1v) is 6.80. The SMILES string of the molecule is O=C(NCC=Cc1ccccc1O)C(=O)[C@@H](O)[C@H](O)[C@@H](O)CO. The van der Waals surface area contributed by atoms with Crippen LogP contribution in [-0.4, -0.2) is 68.7 Å². The molecule has 0 aliphatic rings. The number of phenols is 1. The van der Waals surface area contributed by atoms with Gasteiger partial charge in [-0.05, 0) is 6.07 Å². The van der Waals surface area contributed by atoms with Gasteiger partial charge in [-0.2, -0.15) is 0 Å². The van der Waals surface area contributed by atoms with Gasteiger partial charge in [0.25, 0.3) is 11.7 Å². The van der Waals surface area contributed by atoms with E-state index in [9.17, 15) is 24.9 Å². The summed E-state index contributed by atoms with van der Waals surface area (Å²) in [5.74, 6) is -2.42. The van der Waals surface area contributed by atoms with Gasteiger partial charge in [-0.3, -0.25) is 9.59 Å². The number of rotatable bonds is 8. The number of para-hydroxylation sites is 1. The highest BCUT2D eigenvalue weighted by Crippen LogP contribution is 2.16. The Morgan fingerprint density at radius 3 is 2.43 bits per heavy atom. The van der Waals surface area contributed by atoms with Crippen LogP contribution in [-0.2, 0) is 9.59 Å². The van der Waals surface area contributed by atoms with Crippen LogP contribution in [0, 0.1) is 0 Å². The van der Waals surface area contributed by atoms with Crippen molar-refractivity contribution in [3.05, 3.63) is 35.9 Å². The van der Waals surface area contributed by atoms with Crippen LogP contribution in [0.3, 0.4) is 0 Å². The maximum Gasteiger partial charge on any atom is 0.290 e.